The van der Waals surface area contributed by atoms with Crippen molar-refractivity contribution in [3.05, 3.63) is 71.8 Å². The third kappa shape index (κ3) is 6.18. The van der Waals surface area contributed by atoms with Crippen molar-refractivity contribution in [3.8, 4) is 11.3 Å². The second kappa shape index (κ2) is 11.1. The Morgan fingerprint density at radius 1 is 1.16 bits per heavy atom. The standard InChI is InChI=1S/C25H30F4N2/c1-5-9-18(16-30-14-6-2)23-15-21(22(8-4)25(27,28)29)20(7-3)24(31-23)17-10-12-19(26)13-11-17/h6-7,10-15,18,22,30H,3,5,8-9,16H2,1-2,4H3. The molecular formula is C25H30F4N2. The smallest absolute Gasteiger partial charge is 0.390 e. The molecule has 2 atom stereocenters. The largest absolute Gasteiger partial charge is 0.395 e. The van der Waals surface area contributed by atoms with Crippen LogP contribution in [0.5, 0.6) is 0 Å². The minimum absolute atomic E-state index is 0.0660. The van der Waals surface area contributed by atoms with Crippen molar-refractivity contribution < 1.29 is 17.6 Å². The van der Waals surface area contributed by atoms with Gasteiger partial charge in [0.2, 0.25) is 0 Å². The molecule has 2 rings (SSSR count). The molecule has 0 radical (unpaired) electrons. The Labute approximate surface area is 182 Å². The highest BCUT2D eigenvalue weighted by Gasteiger charge is 2.41. The van der Waals surface area contributed by atoms with Crippen LogP contribution in [0.4, 0.5) is 17.6 Å². The number of nitrogens with zero attached hydrogens (tertiary/aromatic N) is 1. The van der Waals surface area contributed by atoms with Gasteiger partial charge in [0.15, 0.2) is 0 Å². The van der Waals surface area contributed by atoms with Gasteiger partial charge in [0.25, 0.3) is 0 Å². The topological polar surface area (TPSA) is 24.9 Å². The van der Waals surface area contributed by atoms with Crippen LogP contribution in [0.1, 0.15) is 68.7 Å². The summed E-state index contributed by atoms with van der Waals surface area (Å²) in [5.41, 5.74) is 2.07. The van der Waals surface area contributed by atoms with Crippen molar-refractivity contribution in [3.63, 3.8) is 0 Å². The first-order chi connectivity index (χ1) is 14.8. The van der Waals surface area contributed by atoms with E-state index in [4.69, 9.17) is 4.98 Å². The highest BCUT2D eigenvalue weighted by Crippen LogP contribution is 2.42. The number of hydrogen-bond acceptors (Lipinski definition) is 2. The Kier molecular flexibility index (Phi) is 8.84. The van der Waals surface area contributed by atoms with E-state index >= 15 is 0 Å². The predicted octanol–water partition coefficient (Wildman–Crippen LogP) is 7.59. The average molecular weight is 435 g/mol. The molecule has 2 nitrogen and oxygen atoms in total. The Bertz CT molecular complexity index is 886. The molecule has 1 aromatic heterocycles. The van der Waals surface area contributed by atoms with Crippen LogP contribution in [0.15, 0.2) is 49.2 Å². The second-order valence-corrected chi connectivity index (χ2v) is 7.51. The molecule has 0 aliphatic rings. The van der Waals surface area contributed by atoms with Crippen molar-refractivity contribution in [1.29, 1.82) is 0 Å². The SMILES string of the molecule is C=Cc1c(C(CC)C(F)(F)F)cc(C(CCC)CNC=CC)nc1-c1ccc(F)cc1. The van der Waals surface area contributed by atoms with Gasteiger partial charge in [0.05, 0.1) is 11.6 Å². The van der Waals surface area contributed by atoms with Gasteiger partial charge in [-0.25, -0.2) is 4.39 Å². The summed E-state index contributed by atoms with van der Waals surface area (Å²) in [5, 5.41) is 3.19. The van der Waals surface area contributed by atoms with Gasteiger partial charge >= 0.3 is 6.18 Å². The van der Waals surface area contributed by atoms with E-state index in [1.54, 1.807) is 18.2 Å². The van der Waals surface area contributed by atoms with Crippen LogP contribution in [-0.4, -0.2) is 17.7 Å². The Morgan fingerprint density at radius 3 is 2.35 bits per heavy atom. The van der Waals surface area contributed by atoms with Crippen molar-refractivity contribution >= 4 is 6.08 Å². The summed E-state index contributed by atoms with van der Waals surface area (Å²) in [6.45, 7) is 9.77. The monoisotopic (exact) mass is 434 g/mol. The molecule has 0 amide bonds. The summed E-state index contributed by atoms with van der Waals surface area (Å²) in [4.78, 5) is 4.78. The third-order valence-electron chi connectivity index (χ3n) is 5.32. The van der Waals surface area contributed by atoms with Gasteiger partial charge in [-0.05, 0) is 61.9 Å². The molecule has 6 heteroatoms. The van der Waals surface area contributed by atoms with E-state index in [2.05, 4.69) is 11.9 Å². The van der Waals surface area contributed by atoms with E-state index in [-0.39, 0.29) is 17.9 Å². The van der Waals surface area contributed by atoms with Crippen molar-refractivity contribution in [2.24, 2.45) is 0 Å². The van der Waals surface area contributed by atoms with E-state index in [0.717, 1.165) is 12.8 Å². The highest BCUT2D eigenvalue weighted by atomic mass is 19.4. The number of alkyl halides is 3. The molecule has 168 valence electrons. The average Bonchev–Trinajstić information content (AvgIpc) is 2.73. The summed E-state index contributed by atoms with van der Waals surface area (Å²) in [5.74, 6) is -2.11. The van der Waals surface area contributed by atoms with Crippen molar-refractivity contribution in [1.82, 2.24) is 10.3 Å². The lowest BCUT2D eigenvalue weighted by Crippen LogP contribution is -2.23. The maximum absolute atomic E-state index is 13.9. The number of pyridine rings is 1. The van der Waals surface area contributed by atoms with Crippen LogP contribution in [0, 0.1) is 5.82 Å². The van der Waals surface area contributed by atoms with E-state index in [0.29, 0.717) is 29.1 Å². The quantitative estimate of drug-likeness (QED) is 0.390. The molecule has 0 aliphatic heterocycles. The maximum Gasteiger partial charge on any atom is 0.395 e. The highest BCUT2D eigenvalue weighted by molar-refractivity contribution is 5.74. The fourth-order valence-electron chi connectivity index (χ4n) is 3.79. The molecular weight excluding hydrogens is 404 g/mol. The first kappa shape index (κ1) is 24.6. The fourth-order valence-corrected chi connectivity index (χ4v) is 3.79. The maximum atomic E-state index is 13.9. The van der Waals surface area contributed by atoms with Gasteiger partial charge in [-0.3, -0.25) is 4.98 Å². The molecule has 0 saturated carbocycles. The Hall–Kier alpha value is -2.63. The molecule has 0 spiro atoms. The minimum atomic E-state index is -4.39. The van der Waals surface area contributed by atoms with Crippen LogP contribution < -0.4 is 5.32 Å². The molecule has 2 unspecified atom stereocenters. The molecule has 31 heavy (non-hydrogen) atoms. The van der Waals surface area contributed by atoms with Gasteiger partial charge in [-0.2, -0.15) is 13.2 Å². The Balaban J connectivity index is 2.75. The number of nitrogens with one attached hydrogen (secondary N) is 1. The second-order valence-electron chi connectivity index (χ2n) is 7.51. The summed E-state index contributed by atoms with van der Waals surface area (Å²) in [6.07, 6.45) is 2.25. The van der Waals surface area contributed by atoms with Gasteiger partial charge in [0, 0.05) is 29.3 Å². The molecule has 2 aromatic rings. The molecule has 1 N–H and O–H groups in total. The number of rotatable bonds is 10. The molecule has 0 aliphatic carbocycles. The summed E-state index contributed by atoms with van der Waals surface area (Å²) in [6, 6.07) is 7.24. The summed E-state index contributed by atoms with van der Waals surface area (Å²) >= 11 is 0. The first-order valence-electron chi connectivity index (χ1n) is 10.6. The van der Waals surface area contributed by atoms with Gasteiger partial charge in [0.1, 0.15) is 5.82 Å². The van der Waals surface area contributed by atoms with E-state index in [1.807, 2.05) is 26.1 Å². The summed E-state index contributed by atoms with van der Waals surface area (Å²) < 4.78 is 55.2. The molecule has 0 bridgehead atoms. The fraction of sp³-hybridized carbons (Fsp3) is 0.400. The number of hydrogen-bond donors (Lipinski definition) is 1. The molecule has 1 aromatic carbocycles. The van der Waals surface area contributed by atoms with E-state index in [1.165, 1.54) is 25.1 Å². The van der Waals surface area contributed by atoms with Gasteiger partial charge in [-0.15, -0.1) is 0 Å². The lowest BCUT2D eigenvalue weighted by atomic mass is 9.86. The molecule has 0 fully saturated rings. The number of benzene rings is 1. The number of halogens is 4. The summed E-state index contributed by atoms with van der Waals surface area (Å²) in [7, 11) is 0. The minimum Gasteiger partial charge on any atom is -0.390 e. The zero-order valence-corrected chi connectivity index (χ0v) is 18.3. The normalized spacial score (nSPS) is 13.9. The lowest BCUT2D eigenvalue weighted by Gasteiger charge is -2.25. The van der Waals surface area contributed by atoms with Crippen LogP contribution in [-0.2, 0) is 0 Å². The molecule has 1 heterocycles. The number of aromatic nitrogens is 1. The molecule has 0 saturated heterocycles. The third-order valence-corrected chi connectivity index (χ3v) is 5.32. The van der Waals surface area contributed by atoms with E-state index < -0.39 is 17.9 Å². The van der Waals surface area contributed by atoms with Crippen LogP contribution in [0.25, 0.3) is 17.3 Å². The first-order valence-corrected chi connectivity index (χ1v) is 10.6. The number of allylic oxidation sites excluding steroid dienone is 1. The van der Waals surface area contributed by atoms with Crippen LogP contribution in [0.3, 0.4) is 0 Å². The zero-order valence-electron chi connectivity index (χ0n) is 18.3. The Morgan fingerprint density at radius 2 is 1.84 bits per heavy atom. The lowest BCUT2D eigenvalue weighted by molar-refractivity contribution is -0.151. The van der Waals surface area contributed by atoms with Crippen LogP contribution >= 0.6 is 0 Å². The van der Waals surface area contributed by atoms with Gasteiger partial charge < -0.3 is 5.32 Å². The van der Waals surface area contributed by atoms with Crippen LogP contribution in [0.2, 0.25) is 0 Å². The van der Waals surface area contributed by atoms with Crippen molar-refractivity contribution in [2.75, 3.05) is 6.54 Å². The van der Waals surface area contributed by atoms with Crippen molar-refractivity contribution in [2.45, 2.75) is 58.0 Å². The zero-order chi connectivity index (χ0) is 23.0. The van der Waals surface area contributed by atoms with E-state index in [9.17, 15) is 17.6 Å². The predicted molar refractivity (Wildman–Crippen MR) is 119 cm³/mol. The van der Waals surface area contributed by atoms with Gasteiger partial charge in [-0.1, -0.05) is 39.0 Å².